The van der Waals surface area contributed by atoms with Crippen molar-refractivity contribution in [3.8, 4) is 16.9 Å². The smallest absolute Gasteiger partial charge is 0.333 e. The Kier molecular flexibility index (Phi) is 3.80. The molecule has 0 aliphatic heterocycles. The van der Waals surface area contributed by atoms with Crippen LogP contribution in [-0.4, -0.2) is 26.5 Å². The van der Waals surface area contributed by atoms with E-state index in [1.807, 2.05) is 0 Å². The van der Waals surface area contributed by atoms with Crippen molar-refractivity contribution in [1.29, 1.82) is 0 Å². The third kappa shape index (κ3) is 2.48. The van der Waals surface area contributed by atoms with Crippen LogP contribution in [0.25, 0.3) is 16.6 Å². The van der Waals surface area contributed by atoms with Crippen molar-refractivity contribution in [1.82, 2.24) is 19.4 Å². The number of nitrogens with zero attached hydrogens (tertiary/aromatic N) is 3. The lowest BCUT2D eigenvalue weighted by molar-refractivity contribution is 0.415. The predicted molar refractivity (Wildman–Crippen MR) is 91.7 cm³/mol. The number of aromatic amines is 1. The minimum Gasteiger partial charge on any atom is -0.494 e. The van der Waals surface area contributed by atoms with Gasteiger partial charge in [-0.05, 0) is 18.8 Å². The SMILES string of the molecule is COc1c(-c2cnc(CN)nc2)c(F)cn2c(=O)[nH]c(=O)c(C3CC3)c12. The number of aromatic nitrogens is 4. The number of H-pyrrole nitrogens is 1. The van der Waals surface area contributed by atoms with Crippen LogP contribution in [0, 0.1) is 5.82 Å². The van der Waals surface area contributed by atoms with E-state index in [9.17, 15) is 14.0 Å². The maximum Gasteiger partial charge on any atom is 0.333 e. The van der Waals surface area contributed by atoms with Crippen molar-refractivity contribution in [2.24, 2.45) is 5.73 Å². The fraction of sp³-hybridized carbons (Fsp3) is 0.294. The first-order valence-corrected chi connectivity index (χ1v) is 8.11. The Morgan fingerprint density at radius 2 is 2.04 bits per heavy atom. The van der Waals surface area contributed by atoms with Crippen molar-refractivity contribution in [2.45, 2.75) is 25.3 Å². The molecule has 1 fully saturated rings. The van der Waals surface area contributed by atoms with Crippen LogP contribution in [0.4, 0.5) is 4.39 Å². The molecular formula is C17H16FN5O3. The van der Waals surface area contributed by atoms with Gasteiger partial charge in [-0.2, -0.15) is 0 Å². The quantitative estimate of drug-likeness (QED) is 0.718. The summed E-state index contributed by atoms with van der Waals surface area (Å²) in [6.45, 7) is 0.161. The largest absolute Gasteiger partial charge is 0.494 e. The van der Waals surface area contributed by atoms with E-state index in [0.29, 0.717) is 17.0 Å². The minimum absolute atomic E-state index is 0.0254. The summed E-state index contributed by atoms with van der Waals surface area (Å²) in [5, 5.41) is 0. The second-order valence-electron chi connectivity index (χ2n) is 6.14. The van der Waals surface area contributed by atoms with Crippen LogP contribution in [0.15, 0.2) is 28.2 Å². The summed E-state index contributed by atoms with van der Waals surface area (Å²) in [5.41, 5.74) is 5.49. The summed E-state index contributed by atoms with van der Waals surface area (Å²) in [6, 6.07) is 0. The summed E-state index contributed by atoms with van der Waals surface area (Å²) in [7, 11) is 1.37. The Balaban J connectivity index is 2.10. The van der Waals surface area contributed by atoms with Crippen molar-refractivity contribution in [2.75, 3.05) is 7.11 Å². The lowest BCUT2D eigenvalue weighted by atomic mass is 10.0. The number of rotatable bonds is 4. The summed E-state index contributed by atoms with van der Waals surface area (Å²) >= 11 is 0. The summed E-state index contributed by atoms with van der Waals surface area (Å²) < 4.78 is 21.4. The molecule has 9 heteroatoms. The summed E-state index contributed by atoms with van der Waals surface area (Å²) in [6.07, 6.45) is 5.60. The number of nitrogens with one attached hydrogen (secondary N) is 1. The van der Waals surface area contributed by atoms with Crippen LogP contribution in [0.2, 0.25) is 0 Å². The molecule has 1 saturated carbocycles. The molecule has 0 spiro atoms. The lowest BCUT2D eigenvalue weighted by Gasteiger charge is -2.15. The number of halogens is 1. The molecule has 1 aliphatic carbocycles. The third-order valence-corrected chi connectivity index (χ3v) is 4.47. The third-order valence-electron chi connectivity index (χ3n) is 4.47. The van der Waals surface area contributed by atoms with E-state index >= 15 is 0 Å². The molecule has 4 rings (SSSR count). The number of pyridine rings is 1. The minimum atomic E-state index is -0.715. The number of fused-ring (bicyclic) bond motifs is 1. The maximum absolute atomic E-state index is 14.9. The average molecular weight is 357 g/mol. The van der Waals surface area contributed by atoms with Crippen LogP contribution in [0.5, 0.6) is 5.75 Å². The zero-order valence-electron chi connectivity index (χ0n) is 14.0. The monoisotopic (exact) mass is 357 g/mol. The van der Waals surface area contributed by atoms with Gasteiger partial charge in [0.25, 0.3) is 5.56 Å². The first-order chi connectivity index (χ1) is 12.5. The molecule has 3 aromatic heterocycles. The summed E-state index contributed by atoms with van der Waals surface area (Å²) in [4.78, 5) is 35.0. The van der Waals surface area contributed by atoms with Gasteiger partial charge in [-0.15, -0.1) is 0 Å². The lowest BCUT2D eigenvalue weighted by Crippen LogP contribution is -2.29. The molecule has 3 aromatic rings. The topological polar surface area (TPSA) is 115 Å². The average Bonchev–Trinajstić information content (AvgIpc) is 3.46. The van der Waals surface area contributed by atoms with Gasteiger partial charge in [-0.1, -0.05) is 0 Å². The molecule has 0 bridgehead atoms. The van der Waals surface area contributed by atoms with E-state index in [-0.39, 0.29) is 29.3 Å². The fourth-order valence-corrected chi connectivity index (χ4v) is 3.13. The molecule has 3 heterocycles. The standard InChI is InChI=1S/C17H16FN5O3/c1-26-15-12(9-5-20-11(4-19)21-6-9)10(18)7-23-14(15)13(8-2-3-8)16(24)22-17(23)25/h5-8H,2-4,19H2,1H3,(H,22,24,25). The highest BCUT2D eigenvalue weighted by Crippen LogP contribution is 2.44. The first-order valence-electron chi connectivity index (χ1n) is 8.11. The molecule has 0 amide bonds. The fourth-order valence-electron chi connectivity index (χ4n) is 3.13. The van der Waals surface area contributed by atoms with Gasteiger partial charge in [0.1, 0.15) is 11.3 Å². The number of nitrogens with two attached hydrogens (primary N) is 1. The van der Waals surface area contributed by atoms with Crippen molar-refractivity contribution >= 4 is 5.52 Å². The van der Waals surface area contributed by atoms with Crippen molar-refractivity contribution in [3.05, 3.63) is 56.6 Å². The van der Waals surface area contributed by atoms with Crippen molar-refractivity contribution < 1.29 is 9.13 Å². The van der Waals surface area contributed by atoms with Crippen LogP contribution in [0.3, 0.4) is 0 Å². The van der Waals surface area contributed by atoms with Gasteiger partial charge in [-0.3, -0.25) is 14.2 Å². The van der Waals surface area contributed by atoms with Crippen LogP contribution in [-0.2, 0) is 6.54 Å². The molecule has 26 heavy (non-hydrogen) atoms. The molecular weight excluding hydrogens is 341 g/mol. The molecule has 0 aromatic carbocycles. The van der Waals surface area contributed by atoms with Gasteiger partial charge in [0.15, 0.2) is 11.6 Å². The van der Waals surface area contributed by atoms with E-state index in [1.54, 1.807) is 0 Å². The normalized spacial score (nSPS) is 14.0. The highest BCUT2D eigenvalue weighted by Gasteiger charge is 2.32. The predicted octanol–water partition coefficient (Wildman–Crippen LogP) is 0.929. The van der Waals surface area contributed by atoms with Crippen LogP contribution < -0.4 is 21.7 Å². The molecule has 0 radical (unpaired) electrons. The second kappa shape index (κ2) is 6.03. The number of methoxy groups -OCH3 is 1. The zero-order valence-corrected chi connectivity index (χ0v) is 14.0. The van der Waals surface area contributed by atoms with E-state index in [0.717, 1.165) is 23.4 Å². The summed E-state index contributed by atoms with van der Waals surface area (Å²) in [5.74, 6) is -0.133. The van der Waals surface area contributed by atoms with E-state index in [2.05, 4.69) is 15.0 Å². The van der Waals surface area contributed by atoms with Crippen molar-refractivity contribution in [3.63, 3.8) is 0 Å². The molecule has 0 saturated heterocycles. The number of hydrogen-bond acceptors (Lipinski definition) is 6. The molecule has 0 unspecified atom stereocenters. The first kappa shape index (κ1) is 16.4. The Labute approximate surface area is 146 Å². The van der Waals surface area contributed by atoms with Gasteiger partial charge in [0.2, 0.25) is 0 Å². The Hall–Kier alpha value is -3.07. The van der Waals surface area contributed by atoms with Crippen LogP contribution >= 0.6 is 0 Å². The Bertz CT molecular complexity index is 1120. The van der Waals surface area contributed by atoms with E-state index < -0.39 is 17.1 Å². The Morgan fingerprint density at radius 1 is 1.35 bits per heavy atom. The van der Waals surface area contributed by atoms with Gasteiger partial charge in [0, 0.05) is 23.5 Å². The van der Waals surface area contributed by atoms with Gasteiger partial charge >= 0.3 is 5.69 Å². The van der Waals surface area contributed by atoms with E-state index in [1.165, 1.54) is 19.5 Å². The highest BCUT2D eigenvalue weighted by atomic mass is 19.1. The number of hydrogen-bond donors (Lipinski definition) is 2. The maximum atomic E-state index is 14.9. The highest BCUT2D eigenvalue weighted by molar-refractivity contribution is 5.81. The van der Waals surface area contributed by atoms with Crippen LogP contribution in [0.1, 0.15) is 30.1 Å². The second-order valence-corrected chi connectivity index (χ2v) is 6.14. The van der Waals surface area contributed by atoms with Gasteiger partial charge < -0.3 is 10.5 Å². The molecule has 3 N–H and O–H groups in total. The zero-order chi connectivity index (χ0) is 18.4. The number of ether oxygens (including phenoxy) is 1. The molecule has 134 valence electrons. The van der Waals surface area contributed by atoms with E-state index in [4.69, 9.17) is 10.5 Å². The molecule has 1 aliphatic rings. The van der Waals surface area contributed by atoms with Gasteiger partial charge in [0.05, 0.1) is 25.4 Å². The Morgan fingerprint density at radius 3 is 2.62 bits per heavy atom. The molecule has 0 atom stereocenters. The molecule has 8 nitrogen and oxygen atoms in total. The van der Waals surface area contributed by atoms with Gasteiger partial charge in [-0.25, -0.2) is 19.2 Å².